The quantitative estimate of drug-likeness (QED) is 0.891. The third-order valence-electron chi connectivity index (χ3n) is 3.34. The number of primary sulfonamides is 1. The number of amides is 1. The Balaban J connectivity index is 2.25. The van der Waals surface area contributed by atoms with Crippen LogP contribution in [0.25, 0.3) is 0 Å². The van der Waals surface area contributed by atoms with Gasteiger partial charge in [-0.05, 0) is 43.9 Å². The van der Waals surface area contributed by atoms with Gasteiger partial charge in [-0.25, -0.2) is 17.9 Å². The van der Waals surface area contributed by atoms with E-state index in [1.807, 2.05) is 6.92 Å². The van der Waals surface area contributed by atoms with Crippen LogP contribution in [0.5, 0.6) is 0 Å². The van der Waals surface area contributed by atoms with Gasteiger partial charge in [-0.15, -0.1) is 0 Å². The van der Waals surface area contributed by atoms with Crippen LogP contribution >= 0.6 is 0 Å². The van der Waals surface area contributed by atoms with Crippen LogP contribution in [0.3, 0.4) is 0 Å². The molecular formula is C13H17FN2O3S. The van der Waals surface area contributed by atoms with Crippen LogP contribution in [0.1, 0.15) is 30.1 Å². The van der Waals surface area contributed by atoms with Crippen molar-refractivity contribution in [2.45, 2.75) is 24.7 Å². The Morgan fingerprint density at radius 1 is 1.45 bits per heavy atom. The van der Waals surface area contributed by atoms with E-state index in [0.717, 1.165) is 25.0 Å². The molecule has 7 heteroatoms. The predicted octanol–water partition coefficient (Wildman–Crippen LogP) is 1.35. The van der Waals surface area contributed by atoms with Crippen LogP contribution in [0.2, 0.25) is 0 Å². The first kappa shape index (κ1) is 14.9. The third-order valence-corrected chi connectivity index (χ3v) is 4.25. The molecule has 0 spiro atoms. The van der Waals surface area contributed by atoms with Crippen molar-refractivity contribution in [3.05, 3.63) is 29.6 Å². The average Bonchev–Trinajstić information content (AvgIpc) is 3.18. The van der Waals surface area contributed by atoms with Gasteiger partial charge in [0.1, 0.15) is 5.82 Å². The number of benzene rings is 1. The van der Waals surface area contributed by atoms with Gasteiger partial charge in [0.25, 0.3) is 5.91 Å². The normalized spacial score (nSPS) is 15.2. The van der Waals surface area contributed by atoms with Crippen molar-refractivity contribution in [3.8, 4) is 0 Å². The van der Waals surface area contributed by atoms with E-state index in [2.05, 4.69) is 0 Å². The smallest absolute Gasteiger partial charge is 0.256 e. The maximum absolute atomic E-state index is 13.9. The fraction of sp³-hybridized carbons (Fsp3) is 0.462. The summed E-state index contributed by atoms with van der Waals surface area (Å²) >= 11 is 0. The first-order chi connectivity index (χ1) is 9.32. The summed E-state index contributed by atoms with van der Waals surface area (Å²) in [4.78, 5) is 13.5. The molecular weight excluding hydrogens is 283 g/mol. The molecule has 1 amide bonds. The lowest BCUT2D eigenvalue weighted by Gasteiger charge is -2.21. The van der Waals surface area contributed by atoms with E-state index in [9.17, 15) is 17.6 Å². The van der Waals surface area contributed by atoms with Gasteiger partial charge in [-0.3, -0.25) is 4.79 Å². The second kappa shape index (κ2) is 5.49. The Labute approximate surface area is 117 Å². The Bertz CT molecular complexity index is 627. The van der Waals surface area contributed by atoms with Crippen LogP contribution in [-0.4, -0.2) is 32.3 Å². The molecule has 1 aliphatic carbocycles. The molecule has 0 aliphatic heterocycles. The highest BCUT2D eigenvalue weighted by Gasteiger charge is 2.27. The molecule has 0 heterocycles. The SMILES string of the molecule is CCN(CC1CC1)C(=O)c1ccc(S(N)(=O)=O)cc1F. The molecule has 1 aliphatic rings. The number of nitrogens with two attached hydrogens (primary N) is 1. The van der Waals surface area contributed by atoms with Crippen molar-refractivity contribution >= 4 is 15.9 Å². The maximum Gasteiger partial charge on any atom is 0.256 e. The molecule has 2 rings (SSSR count). The molecule has 0 unspecified atom stereocenters. The Morgan fingerprint density at radius 3 is 2.55 bits per heavy atom. The topological polar surface area (TPSA) is 80.5 Å². The van der Waals surface area contributed by atoms with E-state index in [1.54, 1.807) is 4.90 Å². The standard InChI is InChI=1S/C13H17FN2O3S/c1-2-16(8-9-3-4-9)13(17)11-6-5-10(7-12(11)14)20(15,18)19/h5-7,9H,2-4,8H2,1H3,(H2,15,18,19). The first-order valence-corrected chi connectivity index (χ1v) is 7.99. The minimum absolute atomic E-state index is 0.125. The van der Waals surface area contributed by atoms with E-state index in [1.165, 1.54) is 6.07 Å². The van der Waals surface area contributed by atoms with Crippen molar-refractivity contribution in [2.24, 2.45) is 11.1 Å². The molecule has 0 saturated heterocycles. The molecule has 1 fully saturated rings. The third kappa shape index (κ3) is 3.34. The Hall–Kier alpha value is -1.47. The molecule has 1 aromatic carbocycles. The van der Waals surface area contributed by atoms with Crippen LogP contribution in [0.4, 0.5) is 4.39 Å². The van der Waals surface area contributed by atoms with Gasteiger partial charge in [0, 0.05) is 13.1 Å². The lowest BCUT2D eigenvalue weighted by atomic mass is 10.1. The molecule has 5 nitrogen and oxygen atoms in total. The molecule has 1 saturated carbocycles. The second-order valence-corrected chi connectivity index (χ2v) is 6.54. The zero-order valence-corrected chi connectivity index (χ0v) is 12.0. The highest BCUT2D eigenvalue weighted by Crippen LogP contribution is 2.30. The monoisotopic (exact) mass is 300 g/mol. The summed E-state index contributed by atoms with van der Waals surface area (Å²) in [6.07, 6.45) is 2.19. The highest BCUT2D eigenvalue weighted by molar-refractivity contribution is 7.89. The highest BCUT2D eigenvalue weighted by atomic mass is 32.2. The Kier molecular flexibility index (Phi) is 4.10. The number of hydrogen-bond donors (Lipinski definition) is 1. The summed E-state index contributed by atoms with van der Waals surface area (Å²) in [5.74, 6) is -0.778. The maximum atomic E-state index is 13.9. The van der Waals surface area contributed by atoms with E-state index in [4.69, 9.17) is 5.14 Å². The fourth-order valence-electron chi connectivity index (χ4n) is 1.98. The predicted molar refractivity (Wildman–Crippen MR) is 72.1 cm³/mol. The summed E-state index contributed by atoms with van der Waals surface area (Å²) in [6, 6.07) is 3.11. The summed E-state index contributed by atoms with van der Waals surface area (Å²) in [6.45, 7) is 2.94. The van der Waals surface area contributed by atoms with Crippen molar-refractivity contribution < 1.29 is 17.6 Å². The number of carbonyl (C=O) groups excluding carboxylic acids is 1. The molecule has 0 aromatic heterocycles. The van der Waals surface area contributed by atoms with Gasteiger partial charge in [0.15, 0.2) is 0 Å². The minimum Gasteiger partial charge on any atom is -0.339 e. The molecule has 110 valence electrons. The van der Waals surface area contributed by atoms with Gasteiger partial charge in [-0.1, -0.05) is 0 Å². The molecule has 0 atom stereocenters. The summed E-state index contributed by atoms with van der Waals surface area (Å²) < 4.78 is 36.2. The summed E-state index contributed by atoms with van der Waals surface area (Å²) in [5, 5.41) is 4.92. The van der Waals surface area contributed by atoms with Crippen molar-refractivity contribution in [3.63, 3.8) is 0 Å². The van der Waals surface area contributed by atoms with E-state index >= 15 is 0 Å². The van der Waals surface area contributed by atoms with Gasteiger partial charge in [-0.2, -0.15) is 0 Å². The average molecular weight is 300 g/mol. The van der Waals surface area contributed by atoms with E-state index < -0.39 is 21.7 Å². The largest absolute Gasteiger partial charge is 0.339 e. The van der Waals surface area contributed by atoms with Crippen molar-refractivity contribution in [1.29, 1.82) is 0 Å². The minimum atomic E-state index is -3.97. The number of hydrogen-bond acceptors (Lipinski definition) is 3. The van der Waals surface area contributed by atoms with Crippen LogP contribution in [-0.2, 0) is 10.0 Å². The zero-order valence-electron chi connectivity index (χ0n) is 11.2. The molecule has 2 N–H and O–H groups in total. The van der Waals surface area contributed by atoms with Crippen LogP contribution in [0, 0.1) is 11.7 Å². The van der Waals surface area contributed by atoms with E-state index in [0.29, 0.717) is 19.0 Å². The van der Waals surface area contributed by atoms with Crippen LogP contribution < -0.4 is 5.14 Å². The first-order valence-electron chi connectivity index (χ1n) is 6.44. The fourth-order valence-corrected chi connectivity index (χ4v) is 2.51. The van der Waals surface area contributed by atoms with Crippen molar-refractivity contribution in [2.75, 3.05) is 13.1 Å². The van der Waals surface area contributed by atoms with Gasteiger partial charge < -0.3 is 4.90 Å². The van der Waals surface area contributed by atoms with Crippen molar-refractivity contribution in [1.82, 2.24) is 4.90 Å². The number of halogens is 1. The van der Waals surface area contributed by atoms with Gasteiger partial charge >= 0.3 is 0 Å². The van der Waals surface area contributed by atoms with Gasteiger partial charge in [0.2, 0.25) is 10.0 Å². The number of rotatable bonds is 5. The lowest BCUT2D eigenvalue weighted by molar-refractivity contribution is 0.0752. The molecule has 1 aromatic rings. The van der Waals surface area contributed by atoms with E-state index in [-0.39, 0.29) is 10.5 Å². The lowest BCUT2D eigenvalue weighted by Crippen LogP contribution is -2.33. The Morgan fingerprint density at radius 2 is 2.10 bits per heavy atom. The molecule has 20 heavy (non-hydrogen) atoms. The summed E-state index contributed by atoms with van der Waals surface area (Å²) in [7, 11) is -3.97. The second-order valence-electron chi connectivity index (χ2n) is 4.97. The number of sulfonamides is 1. The number of nitrogens with zero attached hydrogens (tertiary/aromatic N) is 1. The zero-order chi connectivity index (χ0) is 14.9. The molecule has 0 radical (unpaired) electrons. The summed E-state index contributed by atoms with van der Waals surface area (Å²) in [5.41, 5.74) is -0.125. The molecule has 0 bridgehead atoms. The number of carbonyl (C=O) groups is 1. The van der Waals surface area contributed by atoms with Crippen LogP contribution in [0.15, 0.2) is 23.1 Å². The van der Waals surface area contributed by atoms with Gasteiger partial charge in [0.05, 0.1) is 10.5 Å².